The Morgan fingerprint density at radius 1 is 1.38 bits per heavy atom. The SMILES string of the molecule is NCC(=O)N1CCCC1C(=O)NCC(N)=O. The fraction of sp³-hybridized carbons (Fsp3) is 0.667. The molecular weight excluding hydrogens is 212 g/mol. The van der Waals surface area contributed by atoms with Gasteiger partial charge in [0.25, 0.3) is 0 Å². The van der Waals surface area contributed by atoms with E-state index >= 15 is 0 Å². The summed E-state index contributed by atoms with van der Waals surface area (Å²) >= 11 is 0. The predicted molar refractivity (Wildman–Crippen MR) is 56.0 cm³/mol. The first-order valence-corrected chi connectivity index (χ1v) is 5.11. The van der Waals surface area contributed by atoms with Gasteiger partial charge < -0.3 is 21.7 Å². The average molecular weight is 228 g/mol. The molecule has 1 fully saturated rings. The summed E-state index contributed by atoms with van der Waals surface area (Å²) in [7, 11) is 0. The molecule has 0 bridgehead atoms. The fourth-order valence-electron chi connectivity index (χ4n) is 1.75. The van der Waals surface area contributed by atoms with Gasteiger partial charge in [-0.25, -0.2) is 0 Å². The molecule has 1 unspecified atom stereocenters. The van der Waals surface area contributed by atoms with Crippen molar-refractivity contribution in [1.82, 2.24) is 10.2 Å². The summed E-state index contributed by atoms with van der Waals surface area (Å²) in [6.07, 6.45) is 1.36. The number of carbonyl (C=O) groups is 3. The second-order valence-electron chi connectivity index (χ2n) is 3.63. The molecule has 1 saturated heterocycles. The summed E-state index contributed by atoms with van der Waals surface area (Å²) in [5.74, 6) is -1.21. The molecule has 0 saturated carbocycles. The van der Waals surface area contributed by atoms with E-state index in [-0.39, 0.29) is 24.9 Å². The Morgan fingerprint density at radius 2 is 2.06 bits per heavy atom. The van der Waals surface area contributed by atoms with Crippen molar-refractivity contribution < 1.29 is 14.4 Å². The first kappa shape index (κ1) is 12.4. The number of nitrogens with two attached hydrogens (primary N) is 2. The lowest BCUT2D eigenvalue weighted by Crippen LogP contribution is -2.49. The summed E-state index contributed by atoms with van der Waals surface area (Å²) in [4.78, 5) is 35.0. The van der Waals surface area contributed by atoms with E-state index in [1.54, 1.807) is 0 Å². The molecule has 0 aliphatic carbocycles. The van der Waals surface area contributed by atoms with Gasteiger partial charge in [0.1, 0.15) is 6.04 Å². The van der Waals surface area contributed by atoms with E-state index in [1.165, 1.54) is 4.90 Å². The van der Waals surface area contributed by atoms with Crippen molar-refractivity contribution in [2.75, 3.05) is 19.6 Å². The van der Waals surface area contributed by atoms with E-state index in [0.717, 1.165) is 6.42 Å². The van der Waals surface area contributed by atoms with Crippen LogP contribution >= 0.6 is 0 Å². The second-order valence-corrected chi connectivity index (χ2v) is 3.63. The van der Waals surface area contributed by atoms with E-state index in [0.29, 0.717) is 13.0 Å². The van der Waals surface area contributed by atoms with Gasteiger partial charge in [-0.3, -0.25) is 14.4 Å². The van der Waals surface area contributed by atoms with Crippen LogP contribution in [0, 0.1) is 0 Å². The van der Waals surface area contributed by atoms with Gasteiger partial charge in [0.05, 0.1) is 13.1 Å². The van der Waals surface area contributed by atoms with Crippen molar-refractivity contribution in [3.05, 3.63) is 0 Å². The van der Waals surface area contributed by atoms with E-state index in [2.05, 4.69) is 5.32 Å². The van der Waals surface area contributed by atoms with Crippen molar-refractivity contribution in [3.8, 4) is 0 Å². The number of likely N-dealkylation sites (tertiary alicyclic amines) is 1. The number of nitrogens with one attached hydrogen (secondary N) is 1. The Balaban J connectivity index is 2.54. The van der Waals surface area contributed by atoms with Gasteiger partial charge in [-0.1, -0.05) is 0 Å². The molecule has 5 N–H and O–H groups in total. The second kappa shape index (κ2) is 5.45. The molecule has 1 aliphatic heterocycles. The van der Waals surface area contributed by atoms with Gasteiger partial charge in [0, 0.05) is 6.54 Å². The van der Waals surface area contributed by atoms with Crippen LogP contribution < -0.4 is 16.8 Å². The molecule has 1 heterocycles. The maximum absolute atomic E-state index is 11.6. The third-order valence-corrected chi connectivity index (χ3v) is 2.49. The largest absolute Gasteiger partial charge is 0.368 e. The highest BCUT2D eigenvalue weighted by atomic mass is 16.2. The van der Waals surface area contributed by atoms with Crippen LogP contribution in [0.5, 0.6) is 0 Å². The molecule has 3 amide bonds. The molecule has 1 aliphatic rings. The Kier molecular flexibility index (Phi) is 4.24. The Morgan fingerprint density at radius 3 is 2.62 bits per heavy atom. The monoisotopic (exact) mass is 228 g/mol. The van der Waals surface area contributed by atoms with Gasteiger partial charge in [0.15, 0.2) is 0 Å². The third kappa shape index (κ3) is 2.93. The zero-order valence-electron chi connectivity index (χ0n) is 8.94. The Labute approximate surface area is 93.1 Å². The molecule has 7 nitrogen and oxygen atoms in total. The van der Waals surface area contributed by atoms with Gasteiger partial charge in [-0.15, -0.1) is 0 Å². The molecule has 1 rings (SSSR count). The summed E-state index contributed by atoms with van der Waals surface area (Å²) in [6.45, 7) is 0.213. The van der Waals surface area contributed by atoms with Crippen molar-refractivity contribution in [2.24, 2.45) is 11.5 Å². The molecule has 90 valence electrons. The van der Waals surface area contributed by atoms with Crippen LogP contribution in [0.2, 0.25) is 0 Å². The van der Waals surface area contributed by atoms with Crippen LogP contribution in [-0.4, -0.2) is 48.3 Å². The molecular formula is C9H16N4O3. The number of carbonyl (C=O) groups excluding carboxylic acids is 3. The van der Waals surface area contributed by atoms with Crippen molar-refractivity contribution >= 4 is 17.7 Å². The minimum atomic E-state index is -0.608. The van der Waals surface area contributed by atoms with E-state index in [1.807, 2.05) is 0 Å². The van der Waals surface area contributed by atoms with Crippen LogP contribution in [-0.2, 0) is 14.4 Å². The molecule has 1 atom stereocenters. The topological polar surface area (TPSA) is 119 Å². The zero-order valence-corrected chi connectivity index (χ0v) is 8.94. The number of primary amides is 1. The molecule has 7 heteroatoms. The normalized spacial score (nSPS) is 19.6. The van der Waals surface area contributed by atoms with Crippen LogP contribution in [0.15, 0.2) is 0 Å². The van der Waals surface area contributed by atoms with Gasteiger partial charge in [-0.05, 0) is 12.8 Å². The lowest BCUT2D eigenvalue weighted by molar-refractivity contribution is -0.137. The van der Waals surface area contributed by atoms with E-state index < -0.39 is 11.9 Å². The molecule has 0 aromatic heterocycles. The first-order chi connectivity index (χ1) is 7.56. The minimum Gasteiger partial charge on any atom is -0.368 e. The third-order valence-electron chi connectivity index (χ3n) is 2.49. The fourth-order valence-corrected chi connectivity index (χ4v) is 1.75. The lowest BCUT2D eigenvalue weighted by Gasteiger charge is -2.23. The number of hydrogen-bond donors (Lipinski definition) is 3. The Bertz CT molecular complexity index is 305. The highest BCUT2D eigenvalue weighted by molar-refractivity contribution is 5.91. The van der Waals surface area contributed by atoms with Gasteiger partial charge in [0.2, 0.25) is 17.7 Å². The Hall–Kier alpha value is -1.63. The van der Waals surface area contributed by atoms with Gasteiger partial charge in [-0.2, -0.15) is 0 Å². The van der Waals surface area contributed by atoms with E-state index in [4.69, 9.17) is 11.5 Å². The molecule has 0 spiro atoms. The number of hydrogen-bond acceptors (Lipinski definition) is 4. The summed E-state index contributed by atoms with van der Waals surface area (Å²) < 4.78 is 0. The lowest BCUT2D eigenvalue weighted by atomic mass is 10.2. The molecule has 0 radical (unpaired) electrons. The van der Waals surface area contributed by atoms with Crippen LogP contribution in [0.1, 0.15) is 12.8 Å². The number of nitrogens with zero attached hydrogens (tertiary/aromatic N) is 1. The average Bonchev–Trinajstić information content (AvgIpc) is 2.73. The maximum Gasteiger partial charge on any atom is 0.243 e. The highest BCUT2D eigenvalue weighted by Crippen LogP contribution is 2.16. The highest BCUT2D eigenvalue weighted by Gasteiger charge is 2.33. The standard InChI is InChI=1S/C9H16N4O3/c10-4-8(15)13-3-1-2-6(13)9(16)12-5-7(11)14/h6H,1-5,10H2,(H2,11,14)(H,12,16). The first-order valence-electron chi connectivity index (χ1n) is 5.11. The maximum atomic E-state index is 11.6. The summed E-state index contributed by atoms with van der Waals surface area (Å²) in [6, 6.07) is -0.518. The summed E-state index contributed by atoms with van der Waals surface area (Å²) in [5, 5.41) is 2.38. The summed E-state index contributed by atoms with van der Waals surface area (Å²) in [5.41, 5.74) is 10.1. The van der Waals surface area contributed by atoms with Crippen LogP contribution in [0.3, 0.4) is 0 Å². The van der Waals surface area contributed by atoms with E-state index in [9.17, 15) is 14.4 Å². The smallest absolute Gasteiger partial charge is 0.243 e. The molecule has 0 aromatic carbocycles. The molecule has 0 aromatic rings. The van der Waals surface area contributed by atoms with Crippen molar-refractivity contribution in [2.45, 2.75) is 18.9 Å². The quantitative estimate of drug-likeness (QED) is 0.494. The van der Waals surface area contributed by atoms with Gasteiger partial charge >= 0.3 is 0 Å². The molecule has 16 heavy (non-hydrogen) atoms. The van der Waals surface area contributed by atoms with Crippen LogP contribution in [0.4, 0.5) is 0 Å². The van der Waals surface area contributed by atoms with Crippen molar-refractivity contribution in [1.29, 1.82) is 0 Å². The minimum absolute atomic E-state index is 0.112. The number of rotatable bonds is 4. The van der Waals surface area contributed by atoms with Crippen LogP contribution in [0.25, 0.3) is 0 Å². The predicted octanol–water partition coefficient (Wildman–Crippen LogP) is -2.46. The number of amides is 3. The van der Waals surface area contributed by atoms with Crippen molar-refractivity contribution in [3.63, 3.8) is 0 Å². The zero-order chi connectivity index (χ0) is 12.1.